The predicted octanol–water partition coefficient (Wildman–Crippen LogP) is 2.44. The van der Waals surface area contributed by atoms with Crippen LogP contribution in [-0.2, 0) is 7.05 Å². The van der Waals surface area contributed by atoms with Crippen LogP contribution < -0.4 is 5.73 Å². The largest absolute Gasteiger partial charge is 0.449 e. The smallest absolute Gasteiger partial charge is 0.380 e. The molecule has 0 fully saturated rings. The number of rotatable bonds is 1. The maximum atomic E-state index is 12.3. The van der Waals surface area contributed by atoms with Gasteiger partial charge >= 0.3 is 6.18 Å². The number of nitrogens with zero attached hydrogens (tertiary/aromatic N) is 3. The van der Waals surface area contributed by atoms with Crippen molar-refractivity contribution < 1.29 is 13.2 Å². The van der Waals surface area contributed by atoms with Crippen molar-refractivity contribution in [3.63, 3.8) is 0 Å². The highest BCUT2D eigenvalue weighted by Gasteiger charge is 2.34. The third kappa shape index (κ3) is 2.61. The van der Waals surface area contributed by atoms with E-state index in [2.05, 4.69) is 9.98 Å². The number of aryl methyl sites for hydroxylation is 2. The molecule has 112 valence electrons. The van der Waals surface area contributed by atoms with Gasteiger partial charge in [0, 0.05) is 24.3 Å². The number of hydrogen-bond acceptors (Lipinski definition) is 2. The summed E-state index contributed by atoms with van der Waals surface area (Å²) in [6, 6.07) is 1.53. The molecule has 0 unspecified atom stereocenters. The highest BCUT2D eigenvalue weighted by molar-refractivity contribution is 6.06. The molecule has 0 aliphatic rings. The fraction of sp³-hybridized carbons (Fsp3) is 0.308. The van der Waals surface area contributed by atoms with E-state index in [-0.39, 0.29) is 5.69 Å². The summed E-state index contributed by atoms with van der Waals surface area (Å²) in [5.41, 5.74) is 7.69. The molecule has 0 saturated heterocycles. The van der Waals surface area contributed by atoms with Crippen LogP contribution in [0.15, 0.2) is 17.3 Å². The second-order valence-electron chi connectivity index (χ2n) is 4.70. The number of nitrogens with two attached hydrogens (primary N) is 1. The Hall–Kier alpha value is -2.38. The van der Waals surface area contributed by atoms with Crippen LogP contribution in [0.1, 0.15) is 17.0 Å². The van der Waals surface area contributed by atoms with Crippen LogP contribution in [-0.4, -0.2) is 27.4 Å². The number of alkyl halides is 3. The van der Waals surface area contributed by atoms with Gasteiger partial charge in [0.25, 0.3) is 0 Å². The molecular formula is C13H14F3N5. The Morgan fingerprint density at radius 3 is 2.57 bits per heavy atom. The van der Waals surface area contributed by atoms with Gasteiger partial charge in [-0.25, -0.2) is 4.99 Å². The number of aliphatic imine (C=N–C) groups is 1. The molecule has 3 N–H and O–H groups in total. The van der Waals surface area contributed by atoms with Gasteiger partial charge in [0.1, 0.15) is 5.69 Å². The van der Waals surface area contributed by atoms with Gasteiger partial charge in [-0.1, -0.05) is 0 Å². The van der Waals surface area contributed by atoms with Crippen molar-refractivity contribution in [2.75, 3.05) is 0 Å². The van der Waals surface area contributed by atoms with Gasteiger partial charge in [-0.3, -0.25) is 10.4 Å². The number of halogens is 3. The Bertz CT molecular complexity index is 755. The van der Waals surface area contributed by atoms with Crippen molar-refractivity contribution >= 4 is 22.6 Å². The zero-order valence-electron chi connectivity index (χ0n) is 11.7. The number of fused-ring (bicyclic) bond motifs is 1. The predicted molar refractivity (Wildman–Crippen MR) is 74.7 cm³/mol. The van der Waals surface area contributed by atoms with E-state index in [4.69, 9.17) is 11.1 Å². The molecule has 0 aliphatic carbocycles. The van der Waals surface area contributed by atoms with E-state index in [9.17, 15) is 13.2 Å². The molecular weight excluding hydrogens is 283 g/mol. The van der Waals surface area contributed by atoms with E-state index < -0.39 is 17.8 Å². The molecule has 8 heteroatoms. The molecule has 0 amide bonds. The number of nitrogens with one attached hydrogen (secondary N) is 1. The summed E-state index contributed by atoms with van der Waals surface area (Å²) in [5.74, 6) is -2.18. The van der Waals surface area contributed by atoms with Gasteiger partial charge in [0.15, 0.2) is 5.84 Å². The topological polar surface area (TPSA) is 80.0 Å². The van der Waals surface area contributed by atoms with Crippen molar-refractivity contribution in [1.29, 1.82) is 5.41 Å². The lowest BCUT2D eigenvalue weighted by Crippen LogP contribution is -2.32. The minimum absolute atomic E-state index is 0.0373. The first-order valence-electron chi connectivity index (χ1n) is 6.05. The van der Waals surface area contributed by atoms with Gasteiger partial charge in [-0.15, -0.1) is 0 Å². The highest BCUT2D eigenvalue weighted by atomic mass is 19.4. The van der Waals surface area contributed by atoms with E-state index >= 15 is 0 Å². The zero-order valence-corrected chi connectivity index (χ0v) is 11.7. The molecule has 2 aromatic rings. The van der Waals surface area contributed by atoms with Crippen molar-refractivity contribution in [1.82, 2.24) is 9.55 Å². The summed E-state index contributed by atoms with van der Waals surface area (Å²) < 4.78 is 38.9. The molecule has 2 rings (SSSR count). The molecule has 0 spiro atoms. The lowest BCUT2D eigenvalue weighted by atomic mass is 10.2. The number of hydrogen-bond donors (Lipinski definition) is 2. The average Bonchev–Trinajstić information content (AvgIpc) is 2.62. The third-order valence-electron chi connectivity index (χ3n) is 3.46. The molecule has 0 atom stereocenters. The summed E-state index contributed by atoms with van der Waals surface area (Å²) in [6.45, 7) is 3.87. The van der Waals surface area contributed by atoms with Gasteiger partial charge in [0.05, 0.1) is 5.52 Å². The van der Waals surface area contributed by atoms with Gasteiger partial charge in [-0.05, 0) is 25.5 Å². The number of amidine groups is 2. The van der Waals surface area contributed by atoms with E-state index in [1.54, 1.807) is 0 Å². The summed E-state index contributed by atoms with van der Waals surface area (Å²) in [6.07, 6.45) is -3.23. The first-order chi connectivity index (χ1) is 9.62. The van der Waals surface area contributed by atoms with Crippen LogP contribution in [0.3, 0.4) is 0 Å². The molecule has 0 radical (unpaired) electrons. The Morgan fingerprint density at radius 2 is 2.00 bits per heavy atom. The molecule has 0 aromatic carbocycles. The second-order valence-corrected chi connectivity index (χ2v) is 4.70. The molecule has 2 aromatic heterocycles. The highest BCUT2D eigenvalue weighted by Crippen LogP contribution is 2.24. The summed E-state index contributed by atoms with van der Waals surface area (Å²) >= 11 is 0. The molecule has 21 heavy (non-hydrogen) atoms. The van der Waals surface area contributed by atoms with Crippen molar-refractivity contribution in [3.05, 3.63) is 29.2 Å². The monoisotopic (exact) mass is 297 g/mol. The maximum absolute atomic E-state index is 12.3. The van der Waals surface area contributed by atoms with E-state index in [0.29, 0.717) is 0 Å². The van der Waals surface area contributed by atoms with Gasteiger partial charge in [-0.2, -0.15) is 13.2 Å². The van der Waals surface area contributed by atoms with E-state index in [1.807, 2.05) is 25.5 Å². The summed E-state index contributed by atoms with van der Waals surface area (Å²) in [5, 5.41) is 8.50. The van der Waals surface area contributed by atoms with Crippen molar-refractivity contribution in [2.45, 2.75) is 20.0 Å². The fourth-order valence-electron chi connectivity index (χ4n) is 2.01. The number of aromatic nitrogens is 2. The van der Waals surface area contributed by atoms with Gasteiger partial charge < -0.3 is 10.3 Å². The minimum Gasteiger partial charge on any atom is -0.380 e. The molecule has 0 bridgehead atoms. The normalized spacial score (nSPS) is 13.0. The van der Waals surface area contributed by atoms with Gasteiger partial charge in [0.2, 0.25) is 5.84 Å². The van der Waals surface area contributed by atoms with Crippen LogP contribution in [0.5, 0.6) is 0 Å². The standard InChI is InChI=1S/C13H14F3N5/c1-6-7(2)21(3)10-4-9(19-5-8(6)10)11(17)20-12(18)13(14,15)16/h4-5H,1-3H3,(H3,17,18,20). The summed E-state index contributed by atoms with van der Waals surface area (Å²) in [7, 11) is 1.84. The SMILES string of the molecule is Cc1c(C)n(C)c2cc(C(=N)N=C(N)C(F)(F)F)ncc12. The lowest BCUT2D eigenvalue weighted by Gasteiger charge is -2.06. The van der Waals surface area contributed by atoms with Crippen LogP contribution in [0.25, 0.3) is 10.9 Å². The lowest BCUT2D eigenvalue weighted by molar-refractivity contribution is -0.0597. The first-order valence-corrected chi connectivity index (χ1v) is 6.05. The zero-order chi connectivity index (χ0) is 15.9. The van der Waals surface area contributed by atoms with Crippen molar-refractivity contribution in [3.8, 4) is 0 Å². The molecule has 5 nitrogen and oxygen atoms in total. The molecule has 0 saturated carbocycles. The quantitative estimate of drug-likeness (QED) is 0.626. The van der Waals surface area contributed by atoms with Crippen LogP contribution in [0.2, 0.25) is 0 Å². The second kappa shape index (κ2) is 4.87. The maximum Gasteiger partial charge on any atom is 0.449 e. The van der Waals surface area contributed by atoms with Crippen LogP contribution in [0.4, 0.5) is 13.2 Å². The minimum atomic E-state index is -4.76. The van der Waals surface area contributed by atoms with Crippen LogP contribution in [0, 0.1) is 19.3 Å². The van der Waals surface area contributed by atoms with E-state index in [0.717, 1.165) is 22.2 Å². The van der Waals surface area contributed by atoms with E-state index in [1.165, 1.54) is 12.3 Å². The Morgan fingerprint density at radius 1 is 1.38 bits per heavy atom. The summed E-state index contributed by atoms with van der Waals surface area (Å²) in [4.78, 5) is 7.05. The fourth-order valence-corrected chi connectivity index (χ4v) is 2.01. The Labute approximate surface area is 118 Å². The van der Waals surface area contributed by atoms with Crippen molar-refractivity contribution in [2.24, 2.45) is 17.8 Å². The third-order valence-corrected chi connectivity index (χ3v) is 3.46. The molecule has 0 aliphatic heterocycles. The Kier molecular flexibility index (Phi) is 3.48. The first kappa shape index (κ1) is 15.0. The average molecular weight is 297 g/mol. The Balaban J connectivity index is 2.49. The van der Waals surface area contributed by atoms with Crippen LogP contribution >= 0.6 is 0 Å². The number of pyridine rings is 1. The molecule has 2 heterocycles.